The minimum absolute atomic E-state index is 0. The van der Waals surface area contributed by atoms with Crippen molar-refractivity contribution >= 4 is 11.6 Å². The van der Waals surface area contributed by atoms with Gasteiger partial charge in [0.25, 0.3) is 0 Å². The molecule has 0 aliphatic rings. The van der Waals surface area contributed by atoms with Crippen molar-refractivity contribution in [3.8, 4) is 0 Å². The van der Waals surface area contributed by atoms with E-state index >= 15 is 0 Å². The molecule has 0 amide bonds. The average molecular weight is 234 g/mol. The van der Waals surface area contributed by atoms with E-state index in [0.717, 1.165) is 0 Å². The van der Waals surface area contributed by atoms with Crippen molar-refractivity contribution in [2.45, 2.75) is 26.9 Å². The topological polar surface area (TPSA) is 34.1 Å². The Morgan fingerprint density at radius 2 is 1.08 bits per heavy atom. The van der Waals surface area contributed by atoms with E-state index < -0.39 is 12.0 Å². The van der Waals surface area contributed by atoms with Gasteiger partial charge >= 0.3 is 6.18 Å². The van der Waals surface area contributed by atoms with Gasteiger partial charge in [-0.1, -0.05) is 0 Å². The summed E-state index contributed by atoms with van der Waals surface area (Å²) in [7, 11) is 0. The Morgan fingerprint density at radius 1 is 1.00 bits per heavy atom. The first-order valence-electron chi connectivity index (χ1n) is 2.73. The number of carbonyl (C=O) groups is 2. The van der Waals surface area contributed by atoms with E-state index in [0.29, 0.717) is 6.92 Å². The number of alkyl halides is 3. The molecule has 0 N–H and O–H groups in total. The summed E-state index contributed by atoms with van der Waals surface area (Å²) in [6.07, 6.45) is -4.64. The van der Waals surface area contributed by atoms with Crippen molar-refractivity contribution in [1.82, 2.24) is 0 Å². The third-order valence-corrected chi connectivity index (χ3v) is 0.399. The number of carbonyl (C=O) groups excluding carboxylic acids is 2. The number of Topliss-reactive ketones (excluding diaryl/α,β-unsaturated/α-hetero) is 2. The largest absolute Gasteiger partial charge is 0.449 e. The zero-order valence-corrected chi connectivity index (χ0v) is 7.69. The Bertz CT molecular complexity index is 149. The summed E-state index contributed by atoms with van der Waals surface area (Å²) in [5, 5.41) is 0. The third kappa shape index (κ3) is 22.6. The Hall–Kier alpha value is -0.351. The Labute approximate surface area is 79.0 Å². The molecule has 12 heavy (non-hydrogen) atoms. The Balaban J connectivity index is -0.000000142. The summed E-state index contributed by atoms with van der Waals surface area (Å²) in [6, 6.07) is 0. The van der Waals surface area contributed by atoms with Crippen LogP contribution in [0.4, 0.5) is 13.2 Å². The molecule has 77 valence electrons. The van der Waals surface area contributed by atoms with Crippen LogP contribution in [0.2, 0.25) is 0 Å². The van der Waals surface area contributed by atoms with E-state index in [1.807, 2.05) is 0 Å². The maximum atomic E-state index is 10.8. The van der Waals surface area contributed by atoms with E-state index in [9.17, 15) is 22.8 Å². The van der Waals surface area contributed by atoms with Gasteiger partial charge in [0.2, 0.25) is 5.78 Å². The van der Waals surface area contributed by atoms with Crippen LogP contribution in [0.5, 0.6) is 0 Å². The van der Waals surface area contributed by atoms with Crippen molar-refractivity contribution in [3.05, 3.63) is 0 Å². The fourth-order valence-corrected chi connectivity index (χ4v) is 0. The monoisotopic (exact) mass is 233 g/mol. The molecular formula is C6H9CuF3O2. The summed E-state index contributed by atoms with van der Waals surface area (Å²) in [6.45, 7) is 3.54. The molecule has 0 fully saturated rings. The summed E-state index contributed by atoms with van der Waals surface area (Å²) in [5.41, 5.74) is 0. The van der Waals surface area contributed by atoms with Gasteiger partial charge in [0, 0.05) is 24.0 Å². The first-order valence-corrected chi connectivity index (χ1v) is 2.73. The number of halogens is 3. The number of hydrogen-bond acceptors (Lipinski definition) is 2. The van der Waals surface area contributed by atoms with Crippen molar-refractivity contribution < 1.29 is 39.8 Å². The van der Waals surface area contributed by atoms with Crippen molar-refractivity contribution in [1.29, 1.82) is 0 Å². The minimum Gasteiger partial charge on any atom is -0.300 e. The van der Waals surface area contributed by atoms with Crippen LogP contribution in [0.3, 0.4) is 0 Å². The second-order valence-electron chi connectivity index (χ2n) is 1.96. The van der Waals surface area contributed by atoms with Crippen molar-refractivity contribution in [3.63, 3.8) is 0 Å². The quantitative estimate of drug-likeness (QED) is 0.597. The number of ketones is 2. The van der Waals surface area contributed by atoms with Crippen molar-refractivity contribution in [2.24, 2.45) is 0 Å². The van der Waals surface area contributed by atoms with E-state index in [4.69, 9.17) is 0 Å². The molecule has 1 radical (unpaired) electrons. The maximum absolute atomic E-state index is 10.8. The van der Waals surface area contributed by atoms with Gasteiger partial charge in [-0.25, -0.2) is 0 Å². The maximum Gasteiger partial charge on any atom is 0.449 e. The molecule has 0 heterocycles. The minimum atomic E-state index is -4.64. The molecule has 0 bridgehead atoms. The Morgan fingerprint density at radius 3 is 1.08 bits per heavy atom. The second-order valence-corrected chi connectivity index (χ2v) is 1.96. The van der Waals surface area contributed by atoms with Crippen LogP contribution >= 0.6 is 0 Å². The molecule has 0 aromatic rings. The average Bonchev–Trinajstić information content (AvgIpc) is 1.59. The fourth-order valence-electron chi connectivity index (χ4n) is 0. The molecule has 0 aromatic heterocycles. The molecule has 0 saturated carbocycles. The smallest absolute Gasteiger partial charge is 0.300 e. The molecule has 0 aromatic carbocycles. The molecule has 0 aliphatic carbocycles. The summed E-state index contributed by atoms with van der Waals surface area (Å²) in [5.74, 6) is -1.59. The second kappa shape index (κ2) is 7.31. The van der Waals surface area contributed by atoms with Gasteiger partial charge in [0.1, 0.15) is 5.78 Å². The van der Waals surface area contributed by atoms with Crippen LogP contribution in [0.1, 0.15) is 20.8 Å². The Kier molecular flexibility index (Phi) is 10.8. The first-order chi connectivity index (χ1) is 4.68. The van der Waals surface area contributed by atoms with Gasteiger partial charge in [-0.3, -0.25) is 4.79 Å². The molecule has 0 rings (SSSR count). The van der Waals surface area contributed by atoms with Crippen LogP contribution in [-0.4, -0.2) is 17.7 Å². The molecule has 0 atom stereocenters. The van der Waals surface area contributed by atoms with Gasteiger partial charge in [0.15, 0.2) is 0 Å². The number of hydrogen-bond donors (Lipinski definition) is 0. The van der Waals surface area contributed by atoms with Crippen LogP contribution in [0, 0.1) is 0 Å². The molecule has 0 saturated heterocycles. The van der Waals surface area contributed by atoms with Gasteiger partial charge in [-0.2, -0.15) is 13.2 Å². The summed E-state index contributed by atoms with van der Waals surface area (Å²) in [4.78, 5) is 18.8. The molecule has 0 unspecified atom stereocenters. The molecular weight excluding hydrogens is 225 g/mol. The summed E-state index contributed by atoms with van der Waals surface area (Å²) < 4.78 is 32.5. The molecule has 0 aliphatic heterocycles. The van der Waals surface area contributed by atoms with Gasteiger partial charge < -0.3 is 4.79 Å². The SMILES string of the molecule is CC(=O)C(F)(F)F.CC(C)=O.[Cu]. The van der Waals surface area contributed by atoms with Gasteiger partial charge in [-0.15, -0.1) is 0 Å². The van der Waals surface area contributed by atoms with E-state index in [1.165, 1.54) is 13.8 Å². The van der Waals surface area contributed by atoms with Gasteiger partial charge in [0.05, 0.1) is 0 Å². The normalized spacial score (nSPS) is 8.83. The fraction of sp³-hybridized carbons (Fsp3) is 0.667. The van der Waals surface area contributed by atoms with Crippen LogP contribution in [0.25, 0.3) is 0 Å². The van der Waals surface area contributed by atoms with Crippen LogP contribution in [0.15, 0.2) is 0 Å². The molecule has 6 heteroatoms. The number of rotatable bonds is 0. The first kappa shape index (κ1) is 17.7. The zero-order chi connectivity index (χ0) is 9.65. The predicted molar refractivity (Wildman–Crippen MR) is 33.1 cm³/mol. The van der Waals surface area contributed by atoms with E-state index in [1.54, 1.807) is 0 Å². The zero-order valence-electron chi connectivity index (χ0n) is 6.75. The van der Waals surface area contributed by atoms with Crippen LogP contribution in [-0.2, 0) is 26.7 Å². The molecule has 2 nitrogen and oxygen atoms in total. The van der Waals surface area contributed by atoms with Gasteiger partial charge in [-0.05, 0) is 13.8 Å². The van der Waals surface area contributed by atoms with E-state index in [2.05, 4.69) is 0 Å². The van der Waals surface area contributed by atoms with E-state index in [-0.39, 0.29) is 22.9 Å². The molecule has 0 spiro atoms. The standard InChI is InChI=1S/C3H3F3O.C3H6O.Cu/c1-2(7)3(4,5)6;1-3(2)4;/h1H3;1-2H3;. The van der Waals surface area contributed by atoms with Crippen molar-refractivity contribution in [2.75, 3.05) is 0 Å². The predicted octanol–water partition coefficient (Wildman–Crippen LogP) is 1.73. The van der Waals surface area contributed by atoms with Crippen LogP contribution < -0.4 is 0 Å². The third-order valence-electron chi connectivity index (χ3n) is 0.399. The summed E-state index contributed by atoms with van der Waals surface area (Å²) >= 11 is 0.